The predicted molar refractivity (Wildman–Crippen MR) is 116 cm³/mol. The van der Waals surface area contributed by atoms with Crippen molar-refractivity contribution in [3.63, 3.8) is 0 Å². The maximum Gasteiger partial charge on any atom is 0.274 e. The van der Waals surface area contributed by atoms with Crippen molar-refractivity contribution in [1.82, 2.24) is 19.7 Å². The number of nitrogens with zero attached hydrogens (tertiary/aromatic N) is 3. The van der Waals surface area contributed by atoms with Crippen molar-refractivity contribution < 1.29 is 14.0 Å². The van der Waals surface area contributed by atoms with Gasteiger partial charge in [0, 0.05) is 35.8 Å². The Morgan fingerprint density at radius 1 is 1.00 bits per heavy atom. The third-order valence-electron chi connectivity index (χ3n) is 4.80. The molecule has 0 aliphatic heterocycles. The van der Waals surface area contributed by atoms with Crippen molar-refractivity contribution in [2.24, 2.45) is 0 Å². The van der Waals surface area contributed by atoms with Crippen LogP contribution in [0.3, 0.4) is 0 Å². The molecule has 0 saturated heterocycles. The second kappa shape index (κ2) is 8.35. The lowest BCUT2D eigenvalue weighted by Crippen LogP contribution is -2.23. The van der Waals surface area contributed by atoms with Crippen LogP contribution in [0.1, 0.15) is 33.5 Å². The monoisotopic (exact) mass is 417 g/mol. The summed E-state index contributed by atoms with van der Waals surface area (Å²) < 4.78 is 15.8. The molecule has 8 heteroatoms. The minimum absolute atomic E-state index is 0.0777. The average molecular weight is 417 g/mol. The largest absolute Gasteiger partial charge is 0.352 e. The molecule has 156 valence electrons. The number of pyridine rings is 2. The SMILES string of the molecule is CCNC(=O)c1ccc(F)c(NC(=O)c2cnc3cc(-c4ccc(C)nc4)ccn23)c1. The number of halogens is 1. The molecule has 0 radical (unpaired) electrons. The number of carbonyl (C=O) groups excluding carboxylic acids is 2. The Morgan fingerprint density at radius 3 is 2.58 bits per heavy atom. The molecule has 4 aromatic rings. The molecule has 0 spiro atoms. The van der Waals surface area contributed by atoms with Gasteiger partial charge in [0.1, 0.15) is 17.2 Å². The number of imidazole rings is 1. The zero-order valence-electron chi connectivity index (χ0n) is 17.0. The van der Waals surface area contributed by atoms with Crippen LogP contribution in [0.5, 0.6) is 0 Å². The van der Waals surface area contributed by atoms with E-state index < -0.39 is 11.7 Å². The molecule has 31 heavy (non-hydrogen) atoms. The first-order chi connectivity index (χ1) is 15.0. The van der Waals surface area contributed by atoms with E-state index in [9.17, 15) is 14.0 Å². The summed E-state index contributed by atoms with van der Waals surface area (Å²) in [7, 11) is 0. The second-order valence-electron chi connectivity index (χ2n) is 6.98. The lowest BCUT2D eigenvalue weighted by Gasteiger charge is -2.09. The van der Waals surface area contributed by atoms with Crippen molar-refractivity contribution in [3.8, 4) is 11.1 Å². The summed E-state index contributed by atoms with van der Waals surface area (Å²) in [6.45, 7) is 4.15. The third kappa shape index (κ3) is 4.13. The van der Waals surface area contributed by atoms with Crippen LogP contribution >= 0.6 is 0 Å². The van der Waals surface area contributed by atoms with E-state index in [4.69, 9.17) is 0 Å². The van der Waals surface area contributed by atoms with E-state index in [1.807, 2.05) is 31.2 Å². The number of aromatic nitrogens is 3. The van der Waals surface area contributed by atoms with Crippen molar-refractivity contribution >= 4 is 23.1 Å². The summed E-state index contributed by atoms with van der Waals surface area (Å²) in [5.41, 5.74) is 3.77. The lowest BCUT2D eigenvalue weighted by molar-refractivity contribution is 0.0954. The van der Waals surface area contributed by atoms with Crippen LogP contribution in [0.4, 0.5) is 10.1 Å². The van der Waals surface area contributed by atoms with E-state index in [1.165, 1.54) is 18.3 Å². The highest BCUT2D eigenvalue weighted by Crippen LogP contribution is 2.22. The molecule has 4 rings (SSSR count). The number of hydrogen-bond acceptors (Lipinski definition) is 4. The Labute approximate surface area is 178 Å². The fraction of sp³-hybridized carbons (Fsp3) is 0.130. The van der Waals surface area contributed by atoms with Crippen LogP contribution in [-0.2, 0) is 0 Å². The van der Waals surface area contributed by atoms with Crippen LogP contribution in [-0.4, -0.2) is 32.7 Å². The van der Waals surface area contributed by atoms with Crippen LogP contribution in [0.2, 0.25) is 0 Å². The number of amides is 2. The Hall–Kier alpha value is -4.07. The van der Waals surface area contributed by atoms with Gasteiger partial charge in [0.05, 0.1) is 11.9 Å². The first-order valence-electron chi connectivity index (χ1n) is 9.75. The van der Waals surface area contributed by atoms with Crippen LogP contribution in [0, 0.1) is 12.7 Å². The molecular weight excluding hydrogens is 397 g/mol. The van der Waals surface area contributed by atoms with Gasteiger partial charge in [-0.1, -0.05) is 6.07 Å². The maximum atomic E-state index is 14.2. The zero-order valence-corrected chi connectivity index (χ0v) is 17.0. The molecule has 0 fully saturated rings. The first-order valence-corrected chi connectivity index (χ1v) is 9.75. The van der Waals surface area contributed by atoms with Gasteiger partial charge in [0.2, 0.25) is 0 Å². The van der Waals surface area contributed by atoms with Crippen molar-refractivity contribution in [1.29, 1.82) is 0 Å². The summed E-state index contributed by atoms with van der Waals surface area (Å²) >= 11 is 0. The molecule has 2 amide bonds. The standard InChI is InChI=1S/C23H20FN5O2/c1-3-25-22(30)16-6-7-18(24)19(10-16)28-23(31)20-13-27-21-11-15(8-9-29(20)21)17-5-4-14(2)26-12-17/h4-13H,3H2,1-2H3,(H,25,30)(H,28,31). The summed E-state index contributed by atoms with van der Waals surface area (Å²) in [5, 5.41) is 5.17. The number of fused-ring (bicyclic) bond motifs is 1. The maximum absolute atomic E-state index is 14.2. The van der Waals surface area contributed by atoms with E-state index in [-0.39, 0.29) is 22.9 Å². The molecule has 0 aliphatic carbocycles. The highest BCUT2D eigenvalue weighted by Gasteiger charge is 2.16. The Bertz CT molecular complexity index is 1280. The van der Waals surface area contributed by atoms with Gasteiger partial charge in [-0.15, -0.1) is 0 Å². The van der Waals surface area contributed by atoms with E-state index in [0.717, 1.165) is 22.9 Å². The molecule has 0 unspecified atom stereocenters. The second-order valence-corrected chi connectivity index (χ2v) is 6.98. The number of rotatable bonds is 5. The van der Waals surface area contributed by atoms with E-state index in [1.54, 1.807) is 23.7 Å². The average Bonchev–Trinajstić information content (AvgIpc) is 3.19. The molecule has 0 atom stereocenters. The highest BCUT2D eigenvalue weighted by molar-refractivity contribution is 6.04. The molecule has 0 bridgehead atoms. The fourth-order valence-corrected chi connectivity index (χ4v) is 3.18. The summed E-state index contributed by atoms with van der Waals surface area (Å²) in [5.74, 6) is -1.51. The van der Waals surface area contributed by atoms with Crippen molar-refractivity contribution in [3.05, 3.63) is 83.8 Å². The Morgan fingerprint density at radius 2 is 1.84 bits per heavy atom. The number of benzene rings is 1. The normalized spacial score (nSPS) is 10.8. The van der Waals surface area contributed by atoms with Gasteiger partial charge in [0.25, 0.3) is 11.8 Å². The first kappa shape index (κ1) is 20.2. The van der Waals surface area contributed by atoms with Crippen molar-refractivity contribution in [2.45, 2.75) is 13.8 Å². The van der Waals surface area contributed by atoms with Crippen LogP contribution < -0.4 is 10.6 Å². The Kier molecular flexibility index (Phi) is 5.44. The van der Waals surface area contributed by atoms with Gasteiger partial charge in [-0.05, 0) is 55.8 Å². The smallest absolute Gasteiger partial charge is 0.274 e. The molecule has 3 heterocycles. The summed E-state index contributed by atoms with van der Waals surface area (Å²) in [6.07, 6.45) is 4.93. The number of carbonyl (C=O) groups is 2. The summed E-state index contributed by atoms with van der Waals surface area (Å²) in [4.78, 5) is 33.4. The number of aryl methyl sites for hydroxylation is 1. The summed E-state index contributed by atoms with van der Waals surface area (Å²) in [6, 6.07) is 11.4. The predicted octanol–water partition coefficient (Wildman–Crippen LogP) is 3.85. The lowest BCUT2D eigenvalue weighted by atomic mass is 10.1. The Balaban J connectivity index is 1.61. The van der Waals surface area contributed by atoms with Crippen LogP contribution in [0.25, 0.3) is 16.8 Å². The number of anilines is 1. The van der Waals surface area contributed by atoms with Crippen molar-refractivity contribution in [2.75, 3.05) is 11.9 Å². The molecule has 0 aliphatic rings. The minimum atomic E-state index is -0.635. The fourth-order valence-electron chi connectivity index (χ4n) is 3.18. The molecular formula is C23H20FN5O2. The topological polar surface area (TPSA) is 88.4 Å². The van der Waals surface area contributed by atoms with Crippen LogP contribution in [0.15, 0.2) is 61.1 Å². The highest BCUT2D eigenvalue weighted by atomic mass is 19.1. The number of nitrogens with one attached hydrogen (secondary N) is 2. The van der Waals surface area contributed by atoms with E-state index in [0.29, 0.717) is 12.2 Å². The minimum Gasteiger partial charge on any atom is -0.352 e. The van der Waals surface area contributed by atoms with Gasteiger partial charge in [-0.25, -0.2) is 9.37 Å². The molecule has 0 saturated carbocycles. The van der Waals surface area contributed by atoms with Gasteiger partial charge in [-0.3, -0.25) is 19.0 Å². The number of hydrogen-bond donors (Lipinski definition) is 2. The van der Waals surface area contributed by atoms with Gasteiger partial charge in [-0.2, -0.15) is 0 Å². The van der Waals surface area contributed by atoms with Gasteiger partial charge in [0.15, 0.2) is 0 Å². The van der Waals surface area contributed by atoms with E-state index in [2.05, 4.69) is 20.6 Å². The molecule has 2 N–H and O–H groups in total. The van der Waals surface area contributed by atoms with Gasteiger partial charge >= 0.3 is 0 Å². The molecule has 7 nitrogen and oxygen atoms in total. The zero-order chi connectivity index (χ0) is 22.0. The molecule has 1 aromatic carbocycles. The third-order valence-corrected chi connectivity index (χ3v) is 4.80. The quantitative estimate of drug-likeness (QED) is 0.516. The van der Waals surface area contributed by atoms with E-state index >= 15 is 0 Å². The van der Waals surface area contributed by atoms with Gasteiger partial charge < -0.3 is 10.6 Å². The molecule has 3 aromatic heterocycles.